The fourth-order valence-corrected chi connectivity index (χ4v) is 5.41. The van der Waals surface area contributed by atoms with Crippen LogP contribution in [0.1, 0.15) is 54.6 Å². The lowest BCUT2D eigenvalue weighted by Crippen LogP contribution is -2.30. The van der Waals surface area contributed by atoms with Crippen molar-refractivity contribution in [1.29, 1.82) is 0 Å². The Morgan fingerprint density at radius 3 is 2.54 bits per heavy atom. The molecule has 1 N–H and O–H groups in total. The summed E-state index contributed by atoms with van der Waals surface area (Å²) >= 11 is 0. The molecule has 35 heavy (non-hydrogen) atoms. The van der Waals surface area contributed by atoms with Gasteiger partial charge in [0.05, 0.1) is 11.4 Å². The summed E-state index contributed by atoms with van der Waals surface area (Å²) in [6, 6.07) is 16.2. The average molecular weight is 468 g/mol. The van der Waals surface area contributed by atoms with Gasteiger partial charge in [-0.3, -0.25) is 9.89 Å². The molecule has 0 aliphatic carbocycles. The summed E-state index contributed by atoms with van der Waals surface area (Å²) in [6.45, 7) is 7.89. The lowest BCUT2D eigenvalue weighted by molar-refractivity contribution is 0.450. The standard InChI is InChI=1S/C28H29N5O2/c1-17(21-12-13-23-22(16-21)18(2)31-35-23)24-19(3)29-27-26(32-14-8-5-9-15-32)25(30-33(27)28(24)34)20-10-6-4-7-11-20/h4,6-7,10-13,16-17,30H,5,8-9,14-15H2,1-3H3/t17-/m1/s1. The minimum atomic E-state index is -0.132. The number of hydrogen-bond acceptors (Lipinski definition) is 5. The SMILES string of the molecule is Cc1nc2c(N3CCCCC3)c(-c3ccccc3)[nH]n2c(=O)c1[C@H](C)c1ccc2onc(C)c2c1. The van der Waals surface area contributed by atoms with E-state index in [4.69, 9.17) is 9.51 Å². The van der Waals surface area contributed by atoms with Crippen LogP contribution in [0.3, 0.4) is 0 Å². The number of nitrogens with one attached hydrogen (secondary N) is 1. The highest BCUT2D eigenvalue weighted by molar-refractivity contribution is 5.86. The number of hydrogen-bond donors (Lipinski definition) is 1. The highest BCUT2D eigenvalue weighted by Gasteiger charge is 2.26. The Morgan fingerprint density at radius 1 is 1.00 bits per heavy atom. The third-order valence-electron chi connectivity index (χ3n) is 7.32. The highest BCUT2D eigenvalue weighted by Crippen LogP contribution is 2.36. The maximum absolute atomic E-state index is 14.0. The van der Waals surface area contributed by atoms with Crippen LogP contribution in [0.2, 0.25) is 0 Å². The number of aryl methyl sites for hydroxylation is 2. The Hall–Kier alpha value is -3.87. The van der Waals surface area contributed by atoms with Crippen molar-refractivity contribution in [2.75, 3.05) is 18.0 Å². The maximum atomic E-state index is 14.0. The summed E-state index contributed by atoms with van der Waals surface area (Å²) in [5, 5.41) is 8.47. The number of aromatic nitrogens is 4. The molecule has 2 aromatic carbocycles. The van der Waals surface area contributed by atoms with Gasteiger partial charge in [0.15, 0.2) is 11.2 Å². The van der Waals surface area contributed by atoms with Crippen LogP contribution in [0.5, 0.6) is 0 Å². The van der Waals surface area contributed by atoms with E-state index in [1.54, 1.807) is 4.52 Å². The number of piperidine rings is 1. The Bertz CT molecular complexity index is 1590. The summed E-state index contributed by atoms with van der Waals surface area (Å²) in [4.78, 5) is 21.4. The zero-order chi connectivity index (χ0) is 24.1. The van der Waals surface area contributed by atoms with Crippen molar-refractivity contribution in [2.24, 2.45) is 0 Å². The molecule has 0 unspecified atom stereocenters. The van der Waals surface area contributed by atoms with Crippen molar-refractivity contribution >= 4 is 22.3 Å². The largest absolute Gasteiger partial charge is 0.367 e. The van der Waals surface area contributed by atoms with Gasteiger partial charge in [-0.15, -0.1) is 0 Å². The van der Waals surface area contributed by atoms with E-state index in [-0.39, 0.29) is 11.5 Å². The van der Waals surface area contributed by atoms with Crippen LogP contribution in [0, 0.1) is 13.8 Å². The quantitative estimate of drug-likeness (QED) is 0.373. The molecule has 0 saturated carbocycles. The molecule has 1 atom stereocenters. The Kier molecular flexibility index (Phi) is 5.20. The molecule has 1 fully saturated rings. The molecule has 7 nitrogen and oxygen atoms in total. The third kappa shape index (κ3) is 3.53. The molecule has 0 amide bonds. The van der Waals surface area contributed by atoms with Crippen LogP contribution in [-0.2, 0) is 0 Å². The first-order valence-electron chi connectivity index (χ1n) is 12.3. The minimum Gasteiger partial charge on any atom is -0.367 e. The normalized spacial score (nSPS) is 15.2. The van der Waals surface area contributed by atoms with E-state index in [0.29, 0.717) is 11.2 Å². The number of rotatable bonds is 4. The molecule has 1 saturated heterocycles. The Labute approximate surface area is 203 Å². The van der Waals surface area contributed by atoms with Crippen LogP contribution < -0.4 is 10.5 Å². The van der Waals surface area contributed by atoms with E-state index in [2.05, 4.69) is 40.3 Å². The molecule has 178 valence electrons. The topological polar surface area (TPSA) is 79.4 Å². The molecule has 1 aliphatic rings. The minimum absolute atomic E-state index is 0.0532. The van der Waals surface area contributed by atoms with Crippen molar-refractivity contribution in [3.8, 4) is 11.3 Å². The second-order valence-electron chi connectivity index (χ2n) is 9.57. The first-order valence-corrected chi connectivity index (χ1v) is 12.3. The van der Waals surface area contributed by atoms with Gasteiger partial charge in [-0.2, -0.15) is 4.52 Å². The van der Waals surface area contributed by atoms with Crippen molar-refractivity contribution in [3.05, 3.63) is 81.4 Å². The molecule has 6 rings (SSSR count). The molecular weight excluding hydrogens is 438 g/mol. The second kappa shape index (κ2) is 8.41. The Morgan fingerprint density at radius 2 is 1.77 bits per heavy atom. The number of nitrogens with zero attached hydrogens (tertiary/aromatic N) is 4. The first-order chi connectivity index (χ1) is 17.0. The van der Waals surface area contributed by atoms with Crippen LogP contribution >= 0.6 is 0 Å². The molecule has 1 aliphatic heterocycles. The molecule has 0 bridgehead atoms. The zero-order valence-corrected chi connectivity index (χ0v) is 20.3. The van der Waals surface area contributed by atoms with Gasteiger partial charge in [0, 0.05) is 41.2 Å². The maximum Gasteiger partial charge on any atom is 0.276 e. The van der Waals surface area contributed by atoms with E-state index in [0.717, 1.165) is 70.8 Å². The summed E-state index contributed by atoms with van der Waals surface area (Å²) in [5.41, 5.74) is 7.78. The van der Waals surface area contributed by atoms with Crippen molar-refractivity contribution in [1.82, 2.24) is 19.8 Å². The van der Waals surface area contributed by atoms with Crippen LogP contribution in [0.15, 0.2) is 57.8 Å². The first kappa shape index (κ1) is 21.6. The molecule has 5 aromatic rings. The number of H-pyrrole nitrogens is 1. The Balaban J connectivity index is 1.54. The molecule has 0 radical (unpaired) electrons. The van der Waals surface area contributed by atoms with Gasteiger partial charge in [0.25, 0.3) is 5.56 Å². The lowest BCUT2D eigenvalue weighted by Gasteiger charge is -2.28. The van der Waals surface area contributed by atoms with Gasteiger partial charge in [-0.1, -0.05) is 48.5 Å². The summed E-state index contributed by atoms with van der Waals surface area (Å²) in [5.74, 6) is -0.132. The molecule has 3 aromatic heterocycles. The summed E-state index contributed by atoms with van der Waals surface area (Å²) in [6.07, 6.45) is 3.53. The number of benzene rings is 2. The molecule has 7 heteroatoms. The average Bonchev–Trinajstić information content (AvgIpc) is 3.45. The fraction of sp³-hybridized carbons (Fsp3) is 0.321. The smallest absolute Gasteiger partial charge is 0.276 e. The van der Waals surface area contributed by atoms with Crippen molar-refractivity contribution in [3.63, 3.8) is 0 Å². The van der Waals surface area contributed by atoms with Crippen molar-refractivity contribution in [2.45, 2.75) is 46.0 Å². The van der Waals surface area contributed by atoms with E-state index in [1.807, 2.05) is 44.2 Å². The predicted octanol–water partition coefficient (Wildman–Crippen LogP) is 5.59. The van der Waals surface area contributed by atoms with Crippen molar-refractivity contribution < 1.29 is 4.52 Å². The van der Waals surface area contributed by atoms with Gasteiger partial charge in [-0.25, -0.2) is 4.98 Å². The summed E-state index contributed by atoms with van der Waals surface area (Å²) < 4.78 is 7.02. The number of fused-ring (bicyclic) bond motifs is 2. The highest BCUT2D eigenvalue weighted by atomic mass is 16.5. The fourth-order valence-electron chi connectivity index (χ4n) is 5.41. The monoisotopic (exact) mass is 467 g/mol. The predicted molar refractivity (Wildman–Crippen MR) is 138 cm³/mol. The van der Waals surface area contributed by atoms with Crippen LogP contribution in [0.4, 0.5) is 5.69 Å². The zero-order valence-electron chi connectivity index (χ0n) is 20.3. The van der Waals surface area contributed by atoms with Gasteiger partial charge in [0.1, 0.15) is 5.69 Å². The van der Waals surface area contributed by atoms with Crippen LogP contribution in [0.25, 0.3) is 27.9 Å². The molecule has 4 heterocycles. The molecule has 0 spiro atoms. The van der Waals surface area contributed by atoms with E-state index in [1.165, 1.54) is 6.42 Å². The van der Waals surface area contributed by atoms with Gasteiger partial charge in [0.2, 0.25) is 0 Å². The lowest BCUT2D eigenvalue weighted by atomic mass is 9.92. The molecular formula is C28H29N5O2. The van der Waals surface area contributed by atoms with Crippen LogP contribution in [-0.4, -0.2) is 32.8 Å². The van der Waals surface area contributed by atoms with Gasteiger partial charge in [-0.05, 0) is 50.8 Å². The van der Waals surface area contributed by atoms with E-state index >= 15 is 0 Å². The van der Waals surface area contributed by atoms with E-state index < -0.39 is 0 Å². The number of anilines is 1. The van der Waals surface area contributed by atoms with E-state index in [9.17, 15) is 4.79 Å². The van der Waals surface area contributed by atoms with Gasteiger partial charge >= 0.3 is 0 Å². The summed E-state index contributed by atoms with van der Waals surface area (Å²) in [7, 11) is 0. The second-order valence-corrected chi connectivity index (χ2v) is 9.57. The number of aromatic amines is 1. The van der Waals surface area contributed by atoms with Gasteiger partial charge < -0.3 is 9.42 Å². The third-order valence-corrected chi connectivity index (χ3v) is 7.32.